The van der Waals surface area contributed by atoms with Gasteiger partial charge in [0.25, 0.3) is 0 Å². The Morgan fingerprint density at radius 1 is 0.792 bits per heavy atom. The third kappa shape index (κ3) is 13.5. The van der Waals surface area contributed by atoms with Crippen molar-refractivity contribution in [1.29, 1.82) is 0 Å². The third-order valence-electron chi connectivity index (χ3n) is 4.22. The number of ketones is 1. The summed E-state index contributed by atoms with van der Waals surface area (Å²) in [4.78, 5) is 25.9. The highest BCUT2D eigenvalue weighted by Crippen LogP contribution is 2.12. The summed E-state index contributed by atoms with van der Waals surface area (Å²) < 4.78 is 0. The highest BCUT2D eigenvalue weighted by atomic mass is 16.1. The fourth-order valence-electron chi connectivity index (χ4n) is 2.42. The molecular weight excluding hydrogens is 300 g/mol. The van der Waals surface area contributed by atoms with Gasteiger partial charge in [-0.3, -0.25) is 9.59 Å². The maximum atomic E-state index is 11.9. The van der Waals surface area contributed by atoms with Crippen LogP contribution in [0.4, 0.5) is 0 Å². The second-order valence-electron chi connectivity index (χ2n) is 8.95. The number of Topliss-reactive ketones (excluding diaryl/α,β-unsaturated/α-hetero) is 1. The Hall–Kier alpha value is -0.900. The lowest BCUT2D eigenvalue weighted by atomic mass is 10.0. The average Bonchev–Trinajstić information content (AvgIpc) is 2.39. The predicted octanol–water partition coefficient (Wildman–Crippen LogP) is 4.32. The van der Waals surface area contributed by atoms with Crippen molar-refractivity contribution in [3.8, 4) is 0 Å². The van der Waals surface area contributed by atoms with Gasteiger partial charge in [-0.2, -0.15) is 0 Å². The van der Waals surface area contributed by atoms with Crippen LogP contribution in [0.2, 0.25) is 0 Å². The largest absolute Gasteiger partial charge is 0.352 e. The number of nitrogens with zero attached hydrogens (tertiary/aromatic N) is 1. The van der Waals surface area contributed by atoms with Crippen molar-refractivity contribution in [2.45, 2.75) is 104 Å². The topological polar surface area (TPSA) is 49.4 Å². The van der Waals surface area contributed by atoms with Crippen molar-refractivity contribution in [1.82, 2.24) is 10.2 Å². The molecule has 0 aliphatic carbocycles. The predicted molar refractivity (Wildman–Crippen MR) is 102 cm³/mol. The fraction of sp³-hybridized carbons (Fsp3) is 0.900. The minimum atomic E-state index is -0.148. The highest BCUT2D eigenvalue weighted by Gasteiger charge is 2.16. The van der Waals surface area contributed by atoms with Crippen LogP contribution in [0.25, 0.3) is 0 Å². The molecular formula is C20H40N2O2. The summed E-state index contributed by atoms with van der Waals surface area (Å²) in [5.41, 5.74) is 0.0207. The number of rotatable bonds is 11. The van der Waals surface area contributed by atoms with Gasteiger partial charge in [0.15, 0.2) is 0 Å². The number of carbonyl (C=O) groups is 2. The molecule has 142 valence electrons. The third-order valence-corrected chi connectivity index (χ3v) is 4.22. The molecule has 0 bridgehead atoms. The Balaban J connectivity index is 3.58. The molecule has 0 saturated heterocycles. The Bertz CT molecular complexity index is 378. The van der Waals surface area contributed by atoms with Crippen LogP contribution in [0.3, 0.4) is 0 Å². The number of unbranched alkanes of at least 4 members (excludes halogenated alkanes) is 3. The molecule has 0 spiro atoms. The van der Waals surface area contributed by atoms with Gasteiger partial charge in [0.05, 0.1) is 0 Å². The standard InChI is InChI=1S/C20H40N2O2/c1-19(2,3)21-18(24)15-11-9-8-10-13-17(23)14-12-16-22(7)20(4,5)6/h8-16H2,1-7H3,(H,21,24). The monoisotopic (exact) mass is 340 g/mol. The molecule has 0 aromatic rings. The Kier molecular flexibility index (Phi) is 10.5. The van der Waals surface area contributed by atoms with E-state index < -0.39 is 0 Å². The van der Waals surface area contributed by atoms with Crippen LogP contribution in [0, 0.1) is 0 Å². The van der Waals surface area contributed by atoms with E-state index in [0.717, 1.165) is 38.6 Å². The highest BCUT2D eigenvalue weighted by molar-refractivity contribution is 5.78. The van der Waals surface area contributed by atoms with Crippen LogP contribution in [0.1, 0.15) is 92.9 Å². The maximum absolute atomic E-state index is 11.9. The number of hydrogen-bond acceptors (Lipinski definition) is 3. The van der Waals surface area contributed by atoms with E-state index in [0.29, 0.717) is 25.0 Å². The molecule has 4 nitrogen and oxygen atoms in total. The van der Waals surface area contributed by atoms with E-state index in [1.54, 1.807) is 0 Å². The lowest BCUT2D eigenvalue weighted by Crippen LogP contribution is -2.40. The van der Waals surface area contributed by atoms with E-state index in [2.05, 4.69) is 38.0 Å². The Morgan fingerprint density at radius 3 is 1.79 bits per heavy atom. The van der Waals surface area contributed by atoms with Gasteiger partial charge < -0.3 is 10.2 Å². The number of hydrogen-bond donors (Lipinski definition) is 1. The Morgan fingerprint density at radius 2 is 1.29 bits per heavy atom. The van der Waals surface area contributed by atoms with Gasteiger partial charge >= 0.3 is 0 Å². The van der Waals surface area contributed by atoms with E-state index in [-0.39, 0.29) is 17.0 Å². The fourth-order valence-corrected chi connectivity index (χ4v) is 2.42. The molecule has 24 heavy (non-hydrogen) atoms. The molecule has 0 atom stereocenters. The summed E-state index contributed by atoms with van der Waals surface area (Å²) in [7, 11) is 2.11. The van der Waals surface area contributed by atoms with Gasteiger partial charge in [-0.1, -0.05) is 12.8 Å². The first-order chi connectivity index (χ1) is 10.9. The van der Waals surface area contributed by atoms with Gasteiger partial charge in [0.1, 0.15) is 5.78 Å². The van der Waals surface area contributed by atoms with E-state index >= 15 is 0 Å². The number of nitrogens with one attached hydrogen (secondary N) is 1. The minimum absolute atomic E-state index is 0.126. The molecule has 0 rings (SSSR count). The zero-order valence-corrected chi connectivity index (χ0v) is 17.1. The number of carbonyl (C=O) groups excluding carboxylic acids is 2. The molecule has 0 saturated carbocycles. The summed E-state index contributed by atoms with van der Waals surface area (Å²) in [6, 6.07) is 0. The van der Waals surface area contributed by atoms with Crippen molar-refractivity contribution in [3.05, 3.63) is 0 Å². The van der Waals surface area contributed by atoms with Gasteiger partial charge in [-0.25, -0.2) is 0 Å². The van der Waals surface area contributed by atoms with Gasteiger partial charge in [0, 0.05) is 30.3 Å². The first kappa shape index (κ1) is 23.1. The molecule has 0 aliphatic rings. The van der Waals surface area contributed by atoms with Crippen molar-refractivity contribution in [3.63, 3.8) is 0 Å². The Labute approximate surface area is 149 Å². The molecule has 0 aromatic carbocycles. The summed E-state index contributed by atoms with van der Waals surface area (Å²) >= 11 is 0. The van der Waals surface area contributed by atoms with Crippen molar-refractivity contribution in [2.75, 3.05) is 13.6 Å². The van der Waals surface area contributed by atoms with E-state index in [4.69, 9.17) is 0 Å². The van der Waals surface area contributed by atoms with Crippen LogP contribution in [-0.4, -0.2) is 41.3 Å². The van der Waals surface area contributed by atoms with Gasteiger partial charge in [-0.05, 0) is 74.4 Å². The molecule has 0 radical (unpaired) electrons. The molecule has 0 fully saturated rings. The molecule has 0 heterocycles. The lowest BCUT2D eigenvalue weighted by Gasteiger charge is -2.31. The van der Waals surface area contributed by atoms with Crippen LogP contribution in [0.15, 0.2) is 0 Å². The summed E-state index contributed by atoms with van der Waals surface area (Å²) in [5, 5.41) is 2.97. The summed E-state index contributed by atoms with van der Waals surface area (Å²) in [6.07, 6.45) is 6.83. The zero-order valence-electron chi connectivity index (χ0n) is 17.1. The first-order valence-corrected chi connectivity index (χ1v) is 9.46. The summed E-state index contributed by atoms with van der Waals surface area (Å²) in [5.74, 6) is 0.504. The molecule has 0 unspecified atom stereocenters. The smallest absolute Gasteiger partial charge is 0.220 e. The molecule has 0 aromatic heterocycles. The second kappa shape index (κ2) is 10.9. The lowest BCUT2D eigenvalue weighted by molar-refractivity contribution is -0.122. The van der Waals surface area contributed by atoms with Crippen molar-refractivity contribution < 1.29 is 9.59 Å². The van der Waals surface area contributed by atoms with E-state index in [1.165, 1.54) is 0 Å². The zero-order chi connectivity index (χ0) is 18.8. The normalized spacial score (nSPS) is 12.5. The number of amides is 1. The average molecular weight is 341 g/mol. The van der Waals surface area contributed by atoms with Crippen LogP contribution in [-0.2, 0) is 9.59 Å². The van der Waals surface area contributed by atoms with Crippen molar-refractivity contribution in [2.24, 2.45) is 0 Å². The quantitative estimate of drug-likeness (QED) is 0.570. The molecule has 1 amide bonds. The van der Waals surface area contributed by atoms with E-state index in [1.807, 2.05) is 20.8 Å². The molecule has 1 N–H and O–H groups in total. The SMILES string of the molecule is CN(CCCC(=O)CCCCCCC(=O)NC(C)(C)C)C(C)(C)C. The van der Waals surface area contributed by atoms with E-state index in [9.17, 15) is 9.59 Å². The second-order valence-corrected chi connectivity index (χ2v) is 8.95. The molecule has 0 aliphatic heterocycles. The van der Waals surface area contributed by atoms with Gasteiger partial charge in [0.2, 0.25) is 5.91 Å². The van der Waals surface area contributed by atoms with Crippen LogP contribution in [0.5, 0.6) is 0 Å². The van der Waals surface area contributed by atoms with Crippen LogP contribution < -0.4 is 5.32 Å². The van der Waals surface area contributed by atoms with Crippen molar-refractivity contribution >= 4 is 11.7 Å². The minimum Gasteiger partial charge on any atom is -0.352 e. The maximum Gasteiger partial charge on any atom is 0.220 e. The molecule has 4 heteroatoms. The first-order valence-electron chi connectivity index (χ1n) is 9.46. The van der Waals surface area contributed by atoms with Gasteiger partial charge in [-0.15, -0.1) is 0 Å². The van der Waals surface area contributed by atoms with Crippen LogP contribution >= 0.6 is 0 Å². The summed E-state index contributed by atoms with van der Waals surface area (Å²) in [6.45, 7) is 13.5.